The second kappa shape index (κ2) is 7.67. The van der Waals surface area contributed by atoms with Crippen LogP contribution in [0.15, 0.2) is 24.3 Å². The number of rotatable bonds is 5. The Bertz CT molecular complexity index is 624. The molecule has 3 unspecified atom stereocenters. The second-order valence-corrected chi connectivity index (χ2v) is 8.84. The zero-order chi connectivity index (χ0) is 18.9. The van der Waals surface area contributed by atoms with Crippen molar-refractivity contribution in [2.24, 2.45) is 17.8 Å². The summed E-state index contributed by atoms with van der Waals surface area (Å²) in [5.74, 6) is 1.26. The van der Waals surface area contributed by atoms with Crippen LogP contribution < -0.4 is 0 Å². The lowest BCUT2D eigenvalue weighted by Crippen LogP contribution is -2.56. The van der Waals surface area contributed by atoms with Crippen molar-refractivity contribution < 1.29 is 14.3 Å². The Morgan fingerprint density at radius 1 is 1.27 bits per heavy atom. The highest BCUT2D eigenvalue weighted by Gasteiger charge is 2.49. The Balaban J connectivity index is 1.98. The van der Waals surface area contributed by atoms with Crippen LogP contribution in [0.2, 0.25) is 0 Å². The number of hydrogen-bond donors (Lipinski definition) is 1. The van der Waals surface area contributed by atoms with E-state index in [-0.39, 0.29) is 23.2 Å². The predicted octanol–water partition coefficient (Wildman–Crippen LogP) is 4.14. The molecule has 2 fully saturated rings. The van der Waals surface area contributed by atoms with Crippen molar-refractivity contribution in [3.63, 3.8) is 0 Å². The Hall–Kier alpha value is -1.42. The number of aliphatic hydroxyl groups excluding tert-OH is 1. The number of nitrogens with zero attached hydrogens (tertiary/aromatic N) is 1. The van der Waals surface area contributed by atoms with E-state index < -0.39 is 0 Å². The topological polar surface area (TPSA) is 40.5 Å². The Kier molecular flexibility index (Phi) is 5.71. The maximum absolute atomic E-state index is 13.6. The minimum absolute atomic E-state index is 0.127. The van der Waals surface area contributed by atoms with Gasteiger partial charge in [0.05, 0.1) is 6.10 Å². The summed E-state index contributed by atoms with van der Waals surface area (Å²) in [7, 11) is 0. The van der Waals surface area contributed by atoms with Crippen LogP contribution >= 0.6 is 0 Å². The lowest BCUT2D eigenvalue weighted by molar-refractivity contribution is -0.144. The van der Waals surface area contributed by atoms with Crippen LogP contribution in [0.4, 0.5) is 4.39 Å². The fourth-order valence-electron chi connectivity index (χ4n) is 5.21. The van der Waals surface area contributed by atoms with Crippen LogP contribution in [-0.2, 0) is 10.2 Å². The molecule has 4 heteroatoms. The molecule has 1 N–H and O–H groups in total. The highest BCUT2D eigenvalue weighted by atomic mass is 19.1. The molecule has 3 rings (SSSR count). The Morgan fingerprint density at radius 2 is 1.92 bits per heavy atom. The largest absolute Gasteiger partial charge is 0.389 e. The Labute approximate surface area is 156 Å². The van der Waals surface area contributed by atoms with E-state index in [1.807, 2.05) is 12.1 Å². The number of β-amino-alcohol motifs (C(OH)–C–C–N with tert-alkyl or cyclic N) is 1. The molecule has 1 heterocycles. The molecular formula is C22H32FNO2. The summed E-state index contributed by atoms with van der Waals surface area (Å²) >= 11 is 0. The summed E-state index contributed by atoms with van der Waals surface area (Å²) in [5, 5.41) is 9.57. The van der Waals surface area contributed by atoms with Crippen molar-refractivity contribution >= 4 is 5.91 Å². The van der Waals surface area contributed by atoms with Gasteiger partial charge < -0.3 is 10.0 Å². The Morgan fingerprint density at radius 3 is 2.50 bits per heavy atom. The van der Waals surface area contributed by atoms with Crippen LogP contribution in [0.3, 0.4) is 0 Å². The monoisotopic (exact) mass is 361 g/mol. The van der Waals surface area contributed by atoms with Crippen molar-refractivity contribution in [1.29, 1.82) is 0 Å². The second-order valence-electron chi connectivity index (χ2n) is 8.84. The van der Waals surface area contributed by atoms with E-state index in [0.717, 1.165) is 24.8 Å². The van der Waals surface area contributed by atoms with Crippen LogP contribution in [0.25, 0.3) is 0 Å². The molecule has 1 saturated heterocycles. The summed E-state index contributed by atoms with van der Waals surface area (Å²) in [5.41, 5.74) is 0.861. The van der Waals surface area contributed by atoms with E-state index in [0.29, 0.717) is 37.3 Å². The third kappa shape index (κ3) is 3.66. The molecule has 1 aliphatic carbocycles. The normalized spacial score (nSPS) is 29.7. The number of halogens is 1. The van der Waals surface area contributed by atoms with Crippen LogP contribution in [0, 0.1) is 23.6 Å². The highest BCUT2D eigenvalue weighted by Crippen LogP contribution is 2.52. The molecule has 3 atom stereocenters. The zero-order valence-electron chi connectivity index (χ0n) is 16.2. The molecule has 0 radical (unpaired) electrons. The van der Waals surface area contributed by atoms with E-state index in [9.17, 15) is 14.3 Å². The van der Waals surface area contributed by atoms with Gasteiger partial charge in [0.1, 0.15) is 5.82 Å². The molecule has 0 spiro atoms. The minimum atomic E-state index is -0.379. The first-order chi connectivity index (χ1) is 12.3. The predicted molar refractivity (Wildman–Crippen MR) is 101 cm³/mol. The summed E-state index contributed by atoms with van der Waals surface area (Å²) < 4.78 is 13.6. The number of carbonyl (C=O) groups is 1. The van der Waals surface area contributed by atoms with Crippen molar-refractivity contribution in [2.45, 2.75) is 64.4 Å². The van der Waals surface area contributed by atoms with Crippen molar-refractivity contribution in [3.8, 4) is 0 Å². The molecule has 1 amide bonds. The summed E-state index contributed by atoms with van der Waals surface area (Å²) in [6.45, 7) is 7.63. The van der Waals surface area contributed by atoms with Gasteiger partial charge in [0.15, 0.2) is 0 Å². The summed E-state index contributed by atoms with van der Waals surface area (Å²) in [4.78, 5) is 14.8. The van der Waals surface area contributed by atoms with Gasteiger partial charge in [-0.1, -0.05) is 39.3 Å². The van der Waals surface area contributed by atoms with Gasteiger partial charge in [0.25, 0.3) is 0 Å². The van der Waals surface area contributed by atoms with Crippen LogP contribution in [-0.4, -0.2) is 35.1 Å². The molecule has 144 valence electrons. The molecule has 1 aromatic rings. The van der Waals surface area contributed by atoms with Gasteiger partial charge in [0.2, 0.25) is 5.91 Å². The fraction of sp³-hybridized carbons (Fsp3) is 0.682. The molecule has 1 aromatic carbocycles. The molecule has 1 aliphatic heterocycles. The third-order valence-corrected chi connectivity index (χ3v) is 6.59. The highest BCUT2D eigenvalue weighted by molar-refractivity contribution is 5.79. The molecule has 0 aromatic heterocycles. The van der Waals surface area contributed by atoms with E-state index in [4.69, 9.17) is 0 Å². The molecular weight excluding hydrogens is 329 g/mol. The zero-order valence-corrected chi connectivity index (χ0v) is 16.2. The van der Waals surface area contributed by atoms with Gasteiger partial charge in [-0.05, 0) is 54.7 Å². The van der Waals surface area contributed by atoms with Crippen molar-refractivity contribution in [2.75, 3.05) is 13.1 Å². The van der Waals surface area contributed by atoms with Crippen LogP contribution in [0.1, 0.15) is 58.4 Å². The van der Waals surface area contributed by atoms with E-state index in [1.54, 1.807) is 4.90 Å². The summed E-state index contributed by atoms with van der Waals surface area (Å²) in [6.07, 6.45) is 4.58. The fourth-order valence-corrected chi connectivity index (χ4v) is 5.21. The number of amides is 1. The minimum Gasteiger partial charge on any atom is -0.389 e. The first kappa shape index (κ1) is 19.3. The number of aliphatic hydroxyl groups is 1. The lowest BCUT2D eigenvalue weighted by Gasteiger charge is -2.51. The molecule has 1 saturated carbocycles. The van der Waals surface area contributed by atoms with E-state index in [1.165, 1.54) is 18.6 Å². The van der Waals surface area contributed by atoms with Gasteiger partial charge in [-0.25, -0.2) is 4.39 Å². The molecule has 2 aliphatic rings. The van der Waals surface area contributed by atoms with Gasteiger partial charge >= 0.3 is 0 Å². The SMILES string of the molecule is CC(C)CC1CCCC(C)C1(CC(=O)N1CC(O)C1)c1ccc(F)cc1. The molecule has 26 heavy (non-hydrogen) atoms. The molecule has 0 bridgehead atoms. The van der Waals surface area contributed by atoms with E-state index >= 15 is 0 Å². The number of carbonyl (C=O) groups excluding carboxylic acids is 1. The smallest absolute Gasteiger partial charge is 0.223 e. The average molecular weight is 362 g/mol. The van der Waals surface area contributed by atoms with E-state index in [2.05, 4.69) is 20.8 Å². The van der Waals surface area contributed by atoms with Crippen molar-refractivity contribution in [3.05, 3.63) is 35.6 Å². The first-order valence-electron chi connectivity index (χ1n) is 10.0. The maximum Gasteiger partial charge on any atom is 0.223 e. The van der Waals surface area contributed by atoms with Gasteiger partial charge in [-0.2, -0.15) is 0 Å². The van der Waals surface area contributed by atoms with Crippen molar-refractivity contribution in [1.82, 2.24) is 4.90 Å². The number of likely N-dealkylation sites (tertiary alicyclic amines) is 1. The average Bonchev–Trinajstić information content (AvgIpc) is 2.55. The van der Waals surface area contributed by atoms with Crippen LogP contribution in [0.5, 0.6) is 0 Å². The van der Waals surface area contributed by atoms with Gasteiger partial charge in [0, 0.05) is 24.9 Å². The quantitative estimate of drug-likeness (QED) is 0.856. The van der Waals surface area contributed by atoms with Gasteiger partial charge in [-0.15, -0.1) is 0 Å². The maximum atomic E-state index is 13.6. The summed E-state index contributed by atoms with van der Waals surface area (Å²) in [6, 6.07) is 6.84. The third-order valence-electron chi connectivity index (χ3n) is 6.59. The van der Waals surface area contributed by atoms with Gasteiger partial charge in [-0.3, -0.25) is 4.79 Å². The lowest BCUT2D eigenvalue weighted by atomic mass is 9.54. The standard InChI is InChI=1S/C22H32FNO2/c1-15(2)11-18-6-4-5-16(3)22(18,17-7-9-19(23)10-8-17)12-21(26)24-13-20(25)14-24/h7-10,15-16,18,20,25H,4-6,11-14H2,1-3H3. The number of hydrogen-bond acceptors (Lipinski definition) is 2. The first-order valence-corrected chi connectivity index (χ1v) is 10.0. The molecule has 3 nitrogen and oxygen atoms in total. The number of benzene rings is 1.